The highest BCUT2D eigenvalue weighted by molar-refractivity contribution is 5.80. The van der Waals surface area contributed by atoms with E-state index in [1.54, 1.807) is 0 Å². The van der Waals surface area contributed by atoms with Gasteiger partial charge in [0.1, 0.15) is 5.82 Å². The zero-order valence-electron chi connectivity index (χ0n) is 16.3. The molecule has 164 valence electrons. The van der Waals surface area contributed by atoms with Crippen molar-refractivity contribution >= 4 is 11.9 Å². The molecule has 11 heteroatoms. The molecule has 2 aromatic rings. The summed E-state index contributed by atoms with van der Waals surface area (Å²) in [6.07, 6.45) is -4.66. The van der Waals surface area contributed by atoms with Crippen LogP contribution in [0.15, 0.2) is 18.2 Å². The van der Waals surface area contributed by atoms with Gasteiger partial charge in [-0.15, -0.1) is 0 Å². The lowest BCUT2D eigenvalue weighted by Crippen LogP contribution is -2.31. The number of H-pyrrole nitrogens is 1. The molecule has 1 amide bonds. The summed E-state index contributed by atoms with van der Waals surface area (Å²) in [5.41, 5.74) is 1.89. The second-order valence-corrected chi connectivity index (χ2v) is 7.07. The average molecular weight is 433 g/mol. The summed E-state index contributed by atoms with van der Waals surface area (Å²) < 4.78 is 58.2. The van der Waals surface area contributed by atoms with Crippen LogP contribution < -0.4 is 0 Å². The number of aromatic nitrogens is 2. The Hall–Kier alpha value is -2.98. The van der Waals surface area contributed by atoms with E-state index in [0.29, 0.717) is 24.2 Å². The first-order valence-corrected chi connectivity index (χ1v) is 8.92. The molecule has 0 radical (unpaired) electrons. The van der Waals surface area contributed by atoms with Crippen molar-refractivity contribution in [2.24, 2.45) is 0 Å². The lowest BCUT2D eigenvalue weighted by Gasteiger charge is -2.20. The number of hydrogen-bond donors (Lipinski definition) is 2. The van der Waals surface area contributed by atoms with E-state index in [2.05, 4.69) is 9.97 Å². The molecule has 1 aromatic heterocycles. The number of hydrogen-bond acceptors (Lipinski definition) is 3. The van der Waals surface area contributed by atoms with E-state index in [0.717, 1.165) is 23.7 Å². The molecule has 0 aliphatic carbocycles. The maximum atomic E-state index is 13.4. The van der Waals surface area contributed by atoms with Gasteiger partial charge < -0.3 is 15.0 Å². The van der Waals surface area contributed by atoms with Crippen molar-refractivity contribution in [3.05, 3.63) is 41.4 Å². The molecule has 1 aliphatic heterocycles. The van der Waals surface area contributed by atoms with E-state index in [1.165, 1.54) is 6.07 Å². The van der Waals surface area contributed by atoms with Crippen LogP contribution in [-0.2, 0) is 9.59 Å². The monoisotopic (exact) mass is 433 g/mol. The predicted molar refractivity (Wildman–Crippen MR) is 96.6 cm³/mol. The fourth-order valence-electron chi connectivity index (χ4n) is 3.02. The summed E-state index contributed by atoms with van der Waals surface area (Å²) in [5.74, 6) is -3.69. The Balaban J connectivity index is 0.000000396. The second-order valence-electron chi connectivity index (χ2n) is 7.07. The molecular formula is C19H20F5N3O3. The molecule has 0 saturated carbocycles. The minimum atomic E-state index is -5.08. The van der Waals surface area contributed by atoms with E-state index in [1.807, 2.05) is 25.7 Å². The van der Waals surface area contributed by atoms with Gasteiger partial charge in [-0.25, -0.2) is 18.6 Å². The minimum Gasteiger partial charge on any atom is -0.475 e. The van der Waals surface area contributed by atoms with Crippen molar-refractivity contribution in [3.63, 3.8) is 0 Å². The number of nitrogens with one attached hydrogen (secondary N) is 1. The molecular weight excluding hydrogens is 413 g/mol. The van der Waals surface area contributed by atoms with Gasteiger partial charge in [-0.2, -0.15) is 13.2 Å². The number of aryl methyl sites for hydroxylation is 1. The molecule has 1 unspecified atom stereocenters. The molecule has 1 fully saturated rings. The van der Waals surface area contributed by atoms with Gasteiger partial charge in [0.2, 0.25) is 5.91 Å². The summed E-state index contributed by atoms with van der Waals surface area (Å²) in [7, 11) is 0. The number of likely N-dealkylation sites (tertiary alicyclic amines) is 1. The largest absolute Gasteiger partial charge is 0.490 e. The average Bonchev–Trinajstić information content (AvgIpc) is 3.20. The number of benzene rings is 1. The van der Waals surface area contributed by atoms with Gasteiger partial charge >= 0.3 is 12.1 Å². The Morgan fingerprint density at radius 1 is 1.27 bits per heavy atom. The fraction of sp³-hybridized carbons (Fsp3) is 0.421. The van der Waals surface area contributed by atoms with Crippen LogP contribution in [0.5, 0.6) is 0 Å². The van der Waals surface area contributed by atoms with Crippen LogP contribution in [0.4, 0.5) is 22.0 Å². The first kappa shape index (κ1) is 23.3. The summed E-state index contributed by atoms with van der Waals surface area (Å²) in [6.45, 7) is 6.44. The quantitative estimate of drug-likeness (QED) is 0.716. The number of aliphatic carboxylic acids is 1. The summed E-state index contributed by atoms with van der Waals surface area (Å²) in [6, 6.07) is 3.90. The van der Waals surface area contributed by atoms with E-state index in [9.17, 15) is 26.7 Å². The van der Waals surface area contributed by atoms with Crippen molar-refractivity contribution in [1.29, 1.82) is 0 Å². The van der Waals surface area contributed by atoms with Crippen molar-refractivity contribution in [3.8, 4) is 11.3 Å². The molecule has 30 heavy (non-hydrogen) atoms. The molecule has 1 aliphatic rings. The van der Waals surface area contributed by atoms with Crippen LogP contribution in [0.25, 0.3) is 11.3 Å². The highest BCUT2D eigenvalue weighted by Crippen LogP contribution is 2.31. The summed E-state index contributed by atoms with van der Waals surface area (Å²) in [4.78, 5) is 30.5. The van der Waals surface area contributed by atoms with Gasteiger partial charge in [-0.1, -0.05) is 0 Å². The van der Waals surface area contributed by atoms with Crippen LogP contribution in [0.3, 0.4) is 0 Å². The third-order valence-electron chi connectivity index (χ3n) is 4.51. The Morgan fingerprint density at radius 2 is 1.87 bits per heavy atom. The van der Waals surface area contributed by atoms with Gasteiger partial charge in [-0.05, 0) is 39.0 Å². The van der Waals surface area contributed by atoms with Crippen molar-refractivity contribution in [1.82, 2.24) is 14.9 Å². The predicted octanol–water partition coefficient (Wildman–Crippen LogP) is 4.02. The van der Waals surface area contributed by atoms with Crippen LogP contribution in [0.1, 0.15) is 37.7 Å². The standard InChI is InChI=1S/C17H19F2N3O.C2HF3O2/c1-9(2)22-8-12(7-15(22)23)17-20-10(3)16(21-17)11-4-5-13(18)14(19)6-11;3-2(4,5)1(6)7/h4-6,9,12H,7-8H2,1-3H3,(H,20,21);(H,6,7). The smallest absolute Gasteiger partial charge is 0.475 e. The number of carbonyl (C=O) groups is 2. The lowest BCUT2D eigenvalue weighted by molar-refractivity contribution is -0.192. The van der Waals surface area contributed by atoms with Gasteiger partial charge in [0.25, 0.3) is 0 Å². The van der Waals surface area contributed by atoms with E-state index in [-0.39, 0.29) is 17.9 Å². The van der Waals surface area contributed by atoms with Crippen molar-refractivity contribution in [2.45, 2.75) is 45.3 Å². The van der Waals surface area contributed by atoms with Crippen LogP contribution in [0, 0.1) is 18.6 Å². The number of aromatic amines is 1. The zero-order chi connectivity index (χ0) is 22.8. The number of rotatable bonds is 3. The Morgan fingerprint density at radius 3 is 2.33 bits per heavy atom. The number of amides is 1. The molecule has 2 heterocycles. The maximum Gasteiger partial charge on any atom is 0.490 e. The molecule has 6 nitrogen and oxygen atoms in total. The zero-order valence-corrected chi connectivity index (χ0v) is 16.3. The normalized spacial score (nSPS) is 16.6. The SMILES string of the molecule is Cc1[nH]c(C2CC(=O)N(C(C)C)C2)nc1-c1ccc(F)c(F)c1.O=C(O)C(F)(F)F. The molecule has 1 saturated heterocycles. The molecule has 2 N–H and O–H groups in total. The van der Waals surface area contributed by atoms with E-state index >= 15 is 0 Å². The van der Waals surface area contributed by atoms with E-state index in [4.69, 9.17) is 9.90 Å². The number of alkyl halides is 3. The number of imidazole rings is 1. The number of carbonyl (C=O) groups excluding carboxylic acids is 1. The highest BCUT2D eigenvalue weighted by Gasteiger charge is 2.38. The van der Waals surface area contributed by atoms with Gasteiger partial charge in [0, 0.05) is 36.2 Å². The first-order chi connectivity index (χ1) is 13.8. The summed E-state index contributed by atoms with van der Waals surface area (Å²) in [5, 5.41) is 7.12. The minimum absolute atomic E-state index is 0.00245. The number of carboxylic acid groups (broad SMARTS) is 1. The molecule has 1 atom stereocenters. The molecule has 1 aromatic carbocycles. The molecule has 3 rings (SSSR count). The Bertz CT molecular complexity index is 940. The summed E-state index contributed by atoms with van der Waals surface area (Å²) >= 11 is 0. The van der Waals surface area contributed by atoms with Crippen molar-refractivity contribution in [2.75, 3.05) is 6.54 Å². The first-order valence-electron chi connectivity index (χ1n) is 8.92. The van der Waals surface area contributed by atoms with Crippen LogP contribution in [-0.4, -0.2) is 50.6 Å². The highest BCUT2D eigenvalue weighted by atomic mass is 19.4. The van der Waals surface area contributed by atoms with Crippen LogP contribution >= 0.6 is 0 Å². The van der Waals surface area contributed by atoms with Crippen LogP contribution in [0.2, 0.25) is 0 Å². The third kappa shape index (κ3) is 5.33. The topological polar surface area (TPSA) is 86.3 Å². The number of halogens is 5. The third-order valence-corrected chi connectivity index (χ3v) is 4.51. The van der Waals surface area contributed by atoms with Gasteiger partial charge in [0.15, 0.2) is 11.6 Å². The van der Waals surface area contributed by atoms with Gasteiger partial charge in [0.05, 0.1) is 5.69 Å². The fourth-order valence-corrected chi connectivity index (χ4v) is 3.02. The number of nitrogens with zero attached hydrogens (tertiary/aromatic N) is 2. The second kappa shape index (κ2) is 8.80. The van der Waals surface area contributed by atoms with E-state index < -0.39 is 23.8 Å². The number of carboxylic acids is 1. The molecule has 0 spiro atoms. The molecule has 0 bridgehead atoms. The van der Waals surface area contributed by atoms with Gasteiger partial charge in [-0.3, -0.25) is 4.79 Å². The lowest BCUT2D eigenvalue weighted by atomic mass is 10.1. The Kier molecular flexibility index (Phi) is 6.84. The Labute approximate surface area is 168 Å². The van der Waals surface area contributed by atoms with Crippen molar-refractivity contribution < 1.29 is 36.6 Å². The maximum absolute atomic E-state index is 13.4.